The van der Waals surface area contributed by atoms with E-state index in [1.807, 2.05) is 31.2 Å². The van der Waals surface area contributed by atoms with Crippen LogP contribution in [0.1, 0.15) is 21.8 Å². The molecule has 0 atom stereocenters. The fraction of sp³-hybridized carbons (Fsp3) is 0.348. The van der Waals surface area contributed by atoms with Crippen molar-refractivity contribution in [2.75, 3.05) is 32.8 Å². The topological polar surface area (TPSA) is 71.7 Å². The number of ether oxygens (including phenoxy) is 1. The minimum atomic E-state index is -4.41. The van der Waals surface area contributed by atoms with Gasteiger partial charge in [0.1, 0.15) is 5.75 Å². The Hall–Kier alpha value is -3.40. The first-order valence-electron chi connectivity index (χ1n) is 10.5. The van der Waals surface area contributed by atoms with Gasteiger partial charge < -0.3 is 14.2 Å². The molecule has 4 rings (SSSR count). The number of nitrogens with zero attached hydrogens (tertiary/aromatic N) is 4. The molecule has 1 saturated heterocycles. The van der Waals surface area contributed by atoms with E-state index < -0.39 is 12.8 Å². The second-order valence-corrected chi connectivity index (χ2v) is 7.82. The van der Waals surface area contributed by atoms with Gasteiger partial charge in [-0.25, -0.2) is 0 Å². The van der Waals surface area contributed by atoms with E-state index in [1.165, 1.54) is 24.3 Å². The first-order chi connectivity index (χ1) is 15.8. The summed E-state index contributed by atoms with van der Waals surface area (Å²) in [6.45, 7) is 3.43. The Bertz CT molecular complexity index is 1090. The molecule has 1 fully saturated rings. The Kier molecular flexibility index (Phi) is 6.64. The molecule has 10 heteroatoms. The number of benzene rings is 2. The van der Waals surface area contributed by atoms with E-state index in [0.29, 0.717) is 50.0 Å². The summed E-state index contributed by atoms with van der Waals surface area (Å²) in [5.74, 6) is 0.969. The van der Waals surface area contributed by atoms with Crippen molar-refractivity contribution in [2.45, 2.75) is 19.6 Å². The highest BCUT2D eigenvalue weighted by atomic mass is 19.4. The molecule has 1 aliphatic rings. The Labute approximate surface area is 188 Å². The van der Waals surface area contributed by atoms with Crippen LogP contribution in [0, 0.1) is 6.92 Å². The summed E-state index contributed by atoms with van der Waals surface area (Å²) in [6, 6.07) is 13.5. The fourth-order valence-electron chi connectivity index (χ4n) is 3.59. The van der Waals surface area contributed by atoms with Gasteiger partial charge in [-0.2, -0.15) is 18.2 Å². The van der Waals surface area contributed by atoms with Crippen molar-refractivity contribution in [3.63, 3.8) is 0 Å². The lowest BCUT2D eigenvalue weighted by Gasteiger charge is -2.34. The minimum Gasteiger partial charge on any atom is -0.484 e. The molecule has 7 nitrogen and oxygen atoms in total. The number of amides is 1. The molecule has 2 heterocycles. The Morgan fingerprint density at radius 1 is 1.06 bits per heavy atom. The first-order valence-corrected chi connectivity index (χ1v) is 10.5. The van der Waals surface area contributed by atoms with Crippen LogP contribution in [-0.4, -0.2) is 64.8 Å². The van der Waals surface area contributed by atoms with Crippen molar-refractivity contribution in [1.29, 1.82) is 0 Å². The molecule has 0 spiro atoms. The van der Waals surface area contributed by atoms with Crippen LogP contribution in [0.15, 0.2) is 53.1 Å². The van der Waals surface area contributed by atoms with Crippen molar-refractivity contribution < 1.29 is 27.2 Å². The molecule has 3 aromatic rings. The highest BCUT2D eigenvalue weighted by Crippen LogP contribution is 2.21. The van der Waals surface area contributed by atoms with Crippen LogP contribution >= 0.6 is 0 Å². The largest absolute Gasteiger partial charge is 0.484 e. The molecule has 1 amide bonds. The predicted molar refractivity (Wildman–Crippen MR) is 114 cm³/mol. The van der Waals surface area contributed by atoms with Crippen molar-refractivity contribution in [2.24, 2.45) is 0 Å². The first kappa shape index (κ1) is 22.8. The molecule has 0 N–H and O–H groups in total. The minimum absolute atomic E-state index is 0.0679. The maximum atomic E-state index is 12.7. The molecule has 0 bridgehead atoms. The lowest BCUT2D eigenvalue weighted by Crippen LogP contribution is -2.48. The second-order valence-electron chi connectivity index (χ2n) is 7.82. The fourth-order valence-corrected chi connectivity index (χ4v) is 3.59. The van der Waals surface area contributed by atoms with Crippen LogP contribution in [-0.2, 0) is 6.54 Å². The Morgan fingerprint density at radius 2 is 1.76 bits per heavy atom. The lowest BCUT2D eigenvalue weighted by atomic mass is 10.1. The number of hydrogen-bond donors (Lipinski definition) is 0. The average Bonchev–Trinajstić information content (AvgIpc) is 3.26. The quantitative estimate of drug-likeness (QED) is 0.555. The molecule has 1 aliphatic heterocycles. The number of carbonyl (C=O) groups is 1. The number of hydrogen-bond acceptors (Lipinski definition) is 6. The number of rotatable bonds is 6. The third kappa shape index (κ3) is 5.89. The summed E-state index contributed by atoms with van der Waals surface area (Å²) in [4.78, 5) is 21.1. The smallest absolute Gasteiger partial charge is 0.422 e. The number of aromatic nitrogens is 2. The van der Waals surface area contributed by atoms with Crippen LogP contribution in [0.3, 0.4) is 0 Å². The van der Waals surface area contributed by atoms with E-state index in [-0.39, 0.29) is 11.7 Å². The monoisotopic (exact) mass is 460 g/mol. The third-order valence-electron chi connectivity index (χ3n) is 5.38. The van der Waals surface area contributed by atoms with Crippen molar-refractivity contribution in [3.05, 3.63) is 65.5 Å². The van der Waals surface area contributed by atoms with Crippen LogP contribution in [0.25, 0.3) is 11.4 Å². The van der Waals surface area contributed by atoms with E-state index in [2.05, 4.69) is 19.8 Å². The maximum absolute atomic E-state index is 12.7. The normalized spacial score (nSPS) is 15.0. The number of halogens is 3. The molecular formula is C23H23F3N4O3. The molecule has 174 valence electrons. The summed E-state index contributed by atoms with van der Waals surface area (Å²) in [6.07, 6.45) is -4.41. The standard InChI is InChI=1S/C23H23F3N4O3/c1-16-4-2-3-5-19(16)21-27-20(33-28-21)14-29-10-12-30(13-11-29)22(31)17-6-8-18(9-7-17)32-15-23(24,25)26/h2-9H,10-15H2,1H3. The Morgan fingerprint density at radius 3 is 2.42 bits per heavy atom. The molecule has 1 aromatic heterocycles. The van der Waals surface area contributed by atoms with Gasteiger partial charge in [-0.15, -0.1) is 0 Å². The second kappa shape index (κ2) is 9.62. The number of piperazine rings is 1. The van der Waals surface area contributed by atoms with Gasteiger partial charge in [-0.3, -0.25) is 9.69 Å². The zero-order valence-electron chi connectivity index (χ0n) is 18.0. The van der Waals surface area contributed by atoms with Crippen molar-refractivity contribution >= 4 is 5.91 Å². The van der Waals surface area contributed by atoms with E-state index >= 15 is 0 Å². The third-order valence-corrected chi connectivity index (χ3v) is 5.38. The molecule has 33 heavy (non-hydrogen) atoms. The summed E-state index contributed by atoms with van der Waals surface area (Å²) < 4.78 is 46.8. The van der Waals surface area contributed by atoms with Gasteiger partial charge in [0, 0.05) is 37.3 Å². The number of aryl methyl sites for hydroxylation is 1. The average molecular weight is 460 g/mol. The SMILES string of the molecule is Cc1ccccc1-c1noc(CN2CCN(C(=O)c3ccc(OCC(F)(F)F)cc3)CC2)n1. The van der Waals surface area contributed by atoms with E-state index in [0.717, 1.165) is 11.1 Å². The summed E-state index contributed by atoms with van der Waals surface area (Å²) >= 11 is 0. The van der Waals surface area contributed by atoms with E-state index in [9.17, 15) is 18.0 Å². The van der Waals surface area contributed by atoms with E-state index in [4.69, 9.17) is 4.52 Å². The molecule has 0 saturated carbocycles. The van der Waals surface area contributed by atoms with E-state index in [1.54, 1.807) is 4.90 Å². The number of carbonyl (C=O) groups excluding carboxylic acids is 1. The Balaban J connectivity index is 1.28. The zero-order valence-corrected chi connectivity index (χ0v) is 18.0. The van der Waals surface area contributed by atoms with Gasteiger partial charge >= 0.3 is 6.18 Å². The molecular weight excluding hydrogens is 437 g/mol. The van der Waals surface area contributed by atoms with Crippen LogP contribution in [0.5, 0.6) is 5.75 Å². The molecule has 0 unspecified atom stereocenters. The molecule has 0 aliphatic carbocycles. The molecule has 2 aromatic carbocycles. The van der Waals surface area contributed by atoms with Gasteiger partial charge in [0.25, 0.3) is 5.91 Å². The van der Waals surface area contributed by atoms with Crippen LogP contribution < -0.4 is 4.74 Å². The lowest BCUT2D eigenvalue weighted by molar-refractivity contribution is -0.153. The maximum Gasteiger partial charge on any atom is 0.422 e. The highest BCUT2D eigenvalue weighted by molar-refractivity contribution is 5.94. The van der Waals surface area contributed by atoms with Crippen LogP contribution in [0.2, 0.25) is 0 Å². The van der Waals surface area contributed by atoms with Gasteiger partial charge in [0.2, 0.25) is 11.7 Å². The number of alkyl halides is 3. The summed E-state index contributed by atoms with van der Waals surface area (Å²) in [7, 11) is 0. The van der Waals surface area contributed by atoms with Gasteiger partial charge in [-0.05, 0) is 36.8 Å². The van der Waals surface area contributed by atoms with Crippen molar-refractivity contribution in [3.8, 4) is 17.1 Å². The van der Waals surface area contributed by atoms with Crippen molar-refractivity contribution in [1.82, 2.24) is 19.9 Å². The van der Waals surface area contributed by atoms with Gasteiger partial charge in [-0.1, -0.05) is 29.4 Å². The summed E-state index contributed by atoms with van der Waals surface area (Å²) in [5.41, 5.74) is 2.40. The van der Waals surface area contributed by atoms with Gasteiger partial charge in [0.15, 0.2) is 6.61 Å². The van der Waals surface area contributed by atoms with Gasteiger partial charge in [0.05, 0.1) is 6.54 Å². The summed E-state index contributed by atoms with van der Waals surface area (Å²) in [5, 5.41) is 4.08. The molecule has 0 radical (unpaired) electrons. The highest BCUT2D eigenvalue weighted by Gasteiger charge is 2.28. The van der Waals surface area contributed by atoms with Crippen LogP contribution in [0.4, 0.5) is 13.2 Å². The zero-order chi connectivity index (χ0) is 23.4. The predicted octanol–water partition coefficient (Wildman–Crippen LogP) is 3.94.